The predicted octanol–water partition coefficient (Wildman–Crippen LogP) is 3.23. The third-order valence-corrected chi connectivity index (χ3v) is 4.05. The molecule has 0 unspecified atom stereocenters. The lowest BCUT2D eigenvalue weighted by Gasteiger charge is -2.22. The summed E-state index contributed by atoms with van der Waals surface area (Å²) in [6.07, 6.45) is 2.63. The van der Waals surface area contributed by atoms with Gasteiger partial charge in [0.1, 0.15) is 5.75 Å². The molecule has 0 aromatic heterocycles. The summed E-state index contributed by atoms with van der Waals surface area (Å²) in [5, 5.41) is 10.8. The van der Waals surface area contributed by atoms with Gasteiger partial charge in [0.05, 0.1) is 5.02 Å². The Morgan fingerprint density at radius 2 is 1.95 bits per heavy atom. The van der Waals surface area contributed by atoms with Crippen LogP contribution in [0.15, 0.2) is 12.1 Å². The Labute approximate surface area is 124 Å². The fourth-order valence-corrected chi connectivity index (χ4v) is 2.96. The molecule has 19 heavy (non-hydrogen) atoms. The van der Waals surface area contributed by atoms with Crippen LogP contribution >= 0.6 is 23.2 Å². The van der Waals surface area contributed by atoms with Gasteiger partial charge in [0.25, 0.3) is 0 Å². The minimum atomic E-state index is 0.138. The van der Waals surface area contributed by atoms with E-state index in [1.165, 1.54) is 25.9 Å². The third-order valence-electron chi connectivity index (χ3n) is 3.54. The quantitative estimate of drug-likeness (QED) is 0.904. The summed E-state index contributed by atoms with van der Waals surface area (Å²) >= 11 is 11.9. The van der Waals surface area contributed by atoms with E-state index < -0.39 is 0 Å². The van der Waals surface area contributed by atoms with E-state index in [9.17, 15) is 5.11 Å². The second-order valence-electron chi connectivity index (χ2n) is 5.18. The van der Waals surface area contributed by atoms with Crippen molar-refractivity contribution in [2.75, 3.05) is 33.2 Å². The summed E-state index contributed by atoms with van der Waals surface area (Å²) in [6, 6.07) is 3.33. The van der Waals surface area contributed by atoms with E-state index in [2.05, 4.69) is 9.80 Å². The van der Waals surface area contributed by atoms with Crippen LogP contribution in [0.3, 0.4) is 0 Å². The normalized spacial score (nSPS) is 16.4. The number of halogens is 2. The van der Waals surface area contributed by atoms with Crippen molar-refractivity contribution in [3.8, 4) is 5.75 Å². The van der Waals surface area contributed by atoms with E-state index in [-0.39, 0.29) is 5.75 Å². The van der Waals surface area contributed by atoms with Crippen LogP contribution in [0.2, 0.25) is 10.0 Å². The van der Waals surface area contributed by atoms with Crippen LogP contribution in [0.4, 0.5) is 0 Å². The van der Waals surface area contributed by atoms with Crippen molar-refractivity contribution in [3.05, 3.63) is 27.7 Å². The maximum atomic E-state index is 9.92. The van der Waals surface area contributed by atoms with Gasteiger partial charge < -0.3 is 14.9 Å². The Morgan fingerprint density at radius 3 is 2.63 bits per heavy atom. The van der Waals surface area contributed by atoms with E-state index >= 15 is 0 Å². The topological polar surface area (TPSA) is 26.7 Å². The van der Waals surface area contributed by atoms with Crippen molar-refractivity contribution in [1.82, 2.24) is 9.80 Å². The molecule has 5 heteroatoms. The lowest BCUT2D eigenvalue weighted by atomic mass is 10.2. The van der Waals surface area contributed by atoms with Crippen molar-refractivity contribution in [2.45, 2.75) is 19.4 Å². The molecule has 0 radical (unpaired) electrons. The fraction of sp³-hybridized carbons (Fsp3) is 0.571. The van der Waals surface area contributed by atoms with Crippen LogP contribution in [0.1, 0.15) is 18.4 Å². The maximum Gasteiger partial charge on any atom is 0.138 e. The zero-order valence-corrected chi connectivity index (χ0v) is 12.7. The van der Waals surface area contributed by atoms with Gasteiger partial charge >= 0.3 is 0 Å². The molecule has 0 amide bonds. The van der Waals surface area contributed by atoms with Crippen molar-refractivity contribution in [1.29, 1.82) is 0 Å². The highest BCUT2D eigenvalue weighted by molar-refractivity contribution is 6.35. The molecule has 0 atom stereocenters. The lowest BCUT2D eigenvalue weighted by Crippen LogP contribution is -2.31. The average Bonchev–Trinajstić information content (AvgIpc) is 2.86. The van der Waals surface area contributed by atoms with Gasteiger partial charge in [-0.2, -0.15) is 0 Å². The van der Waals surface area contributed by atoms with Crippen LogP contribution in [0, 0.1) is 0 Å². The average molecular weight is 303 g/mol. The monoisotopic (exact) mass is 302 g/mol. The van der Waals surface area contributed by atoms with Crippen molar-refractivity contribution >= 4 is 23.2 Å². The number of aromatic hydroxyl groups is 1. The van der Waals surface area contributed by atoms with Crippen molar-refractivity contribution < 1.29 is 5.11 Å². The number of phenolic OH excluding ortho intramolecular Hbond substituents is 1. The van der Waals surface area contributed by atoms with Crippen LogP contribution in [0.5, 0.6) is 5.75 Å². The molecule has 1 aliphatic rings. The Balaban J connectivity index is 1.89. The molecule has 0 spiro atoms. The zero-order chi connectivity index (χ0) is 13.8. The highest BCUT2D eigenvalue weighted by atomic mass is 35.5. The fourth-order valence-electron chi connectivity index (χ4n) is 2.43. The number of phenols is 1. The number of benzene rings is 1. The molecule has 106 valence electrons. The molecular formula is C14H20Cl2N2O. The number of hydrogen-bond acceptors (Lipinski definition) is 3. The van der Waals surface area contributed by atoms with E-state index in [0.29, 0.717) is 16.6 Å². The van der Waals surface area contributed by atoms with E-state index in [0.717, 1.165) is 18.7 Å². The molecule has 1 aromatic carbocycles. The second-order valence-corrected chi connectivity index (χ2v) is 6.03. The SMILES string of the molecule is CN(CCN1CCCC1)Cc1cc(Cl)cc(Cl)c1O. The first kappa shape index (κ1) is 14.9. The summed E-state index contributed by atoms with van der Waals surface area (Å²) in [7, 11) is 2.05. The first-order valence-corrected chi connectivity index (χ1v) is 7.39. The van der Waals surface area contributed by atoms with Crippen molar-refractivity contribution in [2.24, 2.45) is 0 Å². The van der Waals surface area contributed by atoms with Crippen LogP contribution in [-0.4, -0.2) is 48.1 Å². The molecule has 3 nitrogen and oxygen atoms in total. The molecule has 1 aliphatic heterocycles. The minimum absolute atomic E-state index is 0.138. The Hall–Kier alpha value is -0.480. The Kier molecular flexibility index (Phi) is 5.34. The summed E-state index contributed by atoms with van der Waals surface area (Å²) in [5.74, 6) is 0.138. The predicted molar refractivity (Wildman–Crippen MR) is 80.1 cm³/mol. The van der Waals surface area contributed by atoms with Gasteiger partial charge in [-0.1, -0.05) is 23.2 Å². The van der Waals surface area contributed by atoms with Gasteiger partial charge in [0, 0.05) is 30.2 Å². The summed E-state index contributed by atoms with van der Waals surface area (Å²) < 4.78 is 0. The number of likely N-dealkylation sites (N-methyl/N-ethyl adjacent to an activating group) is 1. The lowest BCUT2D eigenvalue weighted by molar-refractivity contribution is 0.250. The van der Waals surface area contributed by atoms with Crippen LogP contribution in [0.25, 0.3) is 0 Å². The highest BCUT2D eigenvalue weighted by Gasteiger charge is 2.13. The number of likely N-dealkylation sites (tertiary alicyclic amines) is 1. The molecule has 0 bridgehead atoms. The molecule has 1 aromatic rings. The Bertz CT molecular complexity index is 434. The third kappa shape index (κ3) is 4.25. The first-order valence-electron chi connectivity index (χ1n) is 6.64. The molecule has 0 saturated carbocycles. The maximum absolute atomic E-state index is 9.92. The van der Waals surface area contributed by atoms with E-state index in [1.807, 2.05) is 7.05 Å². The molecule has 1 fully saturated rings. The molecular weight excluding hydrogens is 283 g/mol. The zero-order valence-electron chi connectivity index (χ0n) is 11.2. The van der Waals surface area contributed by atoms with Crippen LogP contribution < -0.4 is 0 Å². The summed E-state index contributed by atoms with van der Waals surface area (Å²) in [4.78, 5) is 4.65. The highest BCUT2D eigenvalue weighted by Crippen LogP contribution is 2.31. The van der Waals surface area contributed by atoms with E-state index in [4.69, 9.17) is 23.2 Å². The molecule has 1 saturated heterocycles. The van der Waals surface area contributed by atoms with E-state index in [1.54, 1.807) is 12.1 Å². The molecule has 1 N–H and O–H groups in total. The van der Waals surface area contributed by atoms with Gasteiger partial charge in [-0.15, -0.1) is 0 Å². The molecule has 1 heterocycles. The Morgan fingerprint density at radius 1 is 1.26 bits per heavy atom. The summed E-state index contributed by atoms with van der Waals surface area (Å²) in [6.45, 7) is 5.12. The first-order chi connectivity index (χ1) is 9.06. The molecule has 0 aliphatic carbocycles. The largest absolute Gasteiger partial charge is 0.506 e. The number of nitrogens with zero attached hydrogens (tertiary/aromatic N) is 2. The second kappa shape index (κ2) is 6.80. The van der Waals surface area contributed by atoms with Crippen LogP contribution in [-0.2, 0) is 6.54 Å². The van der Waals surface area contributed by atoms with Gasteiger partial charge in [0.15, 0.2) is 0 Å². The van der Waals surface area contributed by atoms with Gasteiger partial charge in [-0.05, 0) is 45.1 Å². The molecule has 2 rings (SSSR count). The van der Waals surface area contributed by atoms with Gasteiger partial charge in [-0.3, -0.25) is 0 Å². The minimum Gasteiger partial charge on any atom is -0.506 e. The van der Waals surface area contributed by atoms with Gasteiger partial charge in [0.2, 0.25) is 0 Å². The van der Waals surface area contributed by atoms with Crippen molar-refractivity contribution in [3.63, 3.8) is 0 Å². The number of rotatable bonds is 5. The number of hydrogen-bond donors (Lipinski definition) is 1. The smallest absolute Gasteiger partial charge is 0.138 e. The summed E-state index contributed by atoms with van der Waals surface area (Å²) in [5.41, 5.74) is 0.779. The standard InChI is InChI=1S/C14H20Cl2N2O/c1-17(6-7-18-4-2-3-5-18)10-11-8-12(15)9-13(16)14(11)19/h8-9,19H,2-7,10H2,1H3. The van der Waals surface area contributed by atoms with Gasteiger partial charge in [-0.25, -0.2) is 0 Å².